The zero-order chi connectivity index (χ0) is 18.0. The first-order valence-corrected chi connectivity index (χ1v) is 8.49. The van der Waals surface area contributed by atoms with E-state index in [-0.39, 0.29) is 10.8 Å². The highest BCUT2D eigenvalue weighted by molar-refractivity contribution is 6.36. The van der Waals surface area contributed by atoms with E-state index in [0.717, 1.165) is 0 Å². The van der Waals surface area contributed by atoms with Crippen molar-refractivity contribution in [1.82, 2.24) is 5.43 Å². The maximum absolute atomic E-state index is 9.92. The summed E-state index contributed by atoms with van der Waals surface area (Å²) in [5.41, 5.74) is 11.3. The fourth-order valence-electron chi connectivity index (χ4n) is 2.77. The summed E-state index contributed by atoms with van der Waals surface area (Å²) in [6.07, 6.45) is 1.52. The van der Waals surface area contributed by atoms with Gasteiger partial charge in [-0.15, -0.1) is 0 Å². The molecule has 0 aromatic heterocycles. The number of nitrogens with one attached hydrogen (secondary N) is 1. The van der Waals surface area contributed by atoms with Crippen LogP contribution in [0, 0.1) is 34.6 Å². The van der Waals surface area contributed by atoms with E-state index in [2.05, 4.69) is 45.1 Å². The fourth-order valence-corrected chi connectivity index (χ4v) is 3.28. The van der Waals surface area contributed by atoms with Gasteiger partial charge in [-0.05, 0) is 80.1 Å². The molecule has 2 N–H and O–H groups in total. The number of nitrogens with zero attached hydrogens (tertiary/aromatic N) is 1. The van der Waals surface area contributed by atoms with Gasteiger partial charge in [-0.25, -0.2) is 0 Å². The zero-order valence-electron chi connectivity index (χ0n) is 14.6. The van der Waals surface area contributed by atoms with Crippen LogP contribution in [0.4, 0.5) is 0 Å². The zero-order valence-corrected chi connectivity index (χ0v) is 16.1. The van der Waals surface area contributed by atoms with Crippen molar-refractivity contribution in [3.63, 3.8) is 0 Å². The van der Waals surface area contributed by atoms with Crippen LogP contribution in [0.5, 0.6) is 5.75 Å². The summed E-state index contributed by atoms with van der Waals surface area (Å²) >= 11 is 11.8. The topological polar surface area (TPSA) is 44.6 Å². The lowest BCUT2D eigenvalue weighted by atomic mass is 9.90. The molecule has 0 fully saturated rings. The number of benzene rings is 2. The molecule has 0 spiro atoms. The molecule has 0 saturated heterocycles. The van der Waals surface area contributed by atoms with Crippen LogP contribution >= 0.6 is 23.2 Å². The smallest absolute Gasteiger partial charge is 0.143 e. The van der Waals surface area contributed by atoms with E-state index in [0.29, 0.717) is 17.1 Å². The molecule has 2 aromatic rings. The molecule has 128 valence electrons. The number of hydrazone groups is 1. The summed E-state index contributed by atoms with van der Waals surface area (Å²) < 4.78 is 0. The lowest BCUT2D eigenvalue weighted by Crippen LogP contribution is -2.11. The predicted octanol–water partition coefficient (Wildman–Crippen LogP) is 5.36. The minimum absolute atomic E-state index is 0.0268. The number of phenols is 1. The van der Waals surface area contributed by atoms with Gasteiger partial charge in [-0.1, -0.05) is 23.2 Å². The normalized spacial score (nSPS) is 11.3. The monoisotopic (exact) mass is 364 g/mol. The van der Waals surface area contributed by atoms with Crippen LogP contribution in [0.25, 0.3) is 0 Å². The Morgan fingerprint density at radius 2 is 1.50 bits per heavy atom. The van der Waals surface area contributed by atoms with E-state index in [1.807, 2.05) is 0 Å². The lowest BCUT2D eigenvalue weighted by Gasteiger charge is -2.18. The second kappa shape index (κ2) is 7.45. The third-order valence-corrected chi connectivity index (χ3v) is 5.27. The molecule has 0 radical (unpaired) electrons. The van der Waals surface area contributed by atoms with Crippen LogP contribution in [0.1, 0.15) is 38.9 Å². The predicted molar refractivity (Wildman–Crippen MR) is 103 cm³/mol. The maximum Gasteiger partial charge on any atom is 0.143 e. The average molecular weight is 365 g/mol. The Bertz CT molecular complexity index is 785. The van der Waals surface area contributed by atoms with Crippen LogP contribution in [-0.2, 0) is 6.54 Å². The highest BCUT2D eigenvalue weighted by atomic mass is 35.5. The summed E-state index contributed by atoms with van der Waals surface area (Å²) in [5, 5.41) is 14.8. The van der Waals surface area contributed by atoms with Gasteiger partial charge in [0.15, 0.2) is 0 Å². The number of aromatic hydroxyl groups is 1. The summed E-state index contributed by atoms with van der Waals surface area (Å²) in [5.74, 6) is -0.0268. The number of hydrogen-bond acceptors (Lipinski definition) is 3. The van der Waals surface area contributed by atoms with Crippen molar-refractivity contribution in [3.8, 4) is 5.75 Å². The van der Waals surface area contributed by atoms with Crippen molar-refractivity contribution in [2.75, 3.05) is 0 Å². The van der Waals surface area contributed by atoms with Gasteiger partial charge in [-0.2, -0.15) is 5.10 Å². The SMILES string of the molecule is Cc1c(C)c(C)c(CN/N=C/c2cc(Cl)cc(Cl)c2O)c(C)c1C. The Morgan fingerprint density at radius 3 is 2.08 bits per heavy atom. The Labute approximate surface area is 153 Å². The highest BCUT2D eigenvalue weighted by Crippen LogP contribution is 2.30. The maximum atomic E-state index is 9.92. The fraction of sp³-hybridized carbons (Fsp3) is 0.316. The molecule has 5 heteroatoms. The molecule has 24 heavy (non-hydrogen) atoms. The average Bonchev–Trinajstić information content (AvgIpc) is 2.54. The summed E-state index contributed by atoms with van der Waals surface area (Å²) in [6, 6.07) is 3.11. The van der Waals surface area contributed by atoms with Crippen LogP contribution in [0.2, 0.25) is 10.0 Å². The molecular weight excluding hydrogens is 343 g/mol. The first kappa shape index (κ1) is 18.6. The van der Waals surface area contributed by atoms with E-state index < -0.39 is 0 Å². The van der Waals surface area contributed by atoms with Crippen LogP contribution in [0.15, 0.2) is 17.2 Å². The summed E-state index contributed by atoms with van der Waals surface area (Å²) in [7, 11) is 0. The molecule has 0 unspecified atom stereocenters. The molecule has 0 saturated carbocycles. The Balaban J connectivity index is 2.19. The minimum atomic E-state index is -0.0268. The second-order valence-corrected chi connectivity index (χ2v) is 6.87. The number of halogens is 2. The van der Waals surface area contributed by atoms with Crippen LogP contribution in [-0.4, -0.2) is 11.3 Å². The molecule has 0 atom stereocenters. The van der Waals surface area contributed by atoms with E-state index in [9.17, 15) is 5.11 Å². The minimum Gasteiger partial charge on any atom is -0.506 e. The van der Waals surface area contributed by atoms with Gasteiger partial charge in [0, 0.05) is 10.6 Å². The molecule has 3 nitrogen and oxygen atoms in total. The van der Waals surface area contributed by atoms with Crippen molar-refractivity contribution >= 4 is 29.4 Å². The number of hydrogen-bond donors (Lipinski definition) is 2. The van der Waals surface area contributed by atoms with Gasteiger partial charge in [0.1, 0.15) is 5.75 Å². The van der Waals surface area contributed by atoms with Crippen molar-refractivity contribution in [3.05, 3.63) is 61.1 Å². The highest BCUT2D eigenvalue weighted by Gasteiger charge is 2.11. The van der Waals surface area contributed by atoms with E-state index >= 15 is 0 Å². The number of rotatable bonds is 4. The van der Waals surface area contributed by atoms with Crippen molar-refractivity contribution < 1.29 is 5.11 Å². The van der Waals surface area contributed by atoms with E-state index in [1.165, 1.54) is 45.7 Å². The van der Waals surface area contributed by atoms with Gasteiger partial charge < -0.3 is 10.5 Å². The second-order valence-electron chi connectivity index (χ2n) is 6.02. The van der Waals surface area contributed by atoms with Gasteiger partial charge in [0.2, 0.25) is 0 Å². The van der Waals surface area contributed by atoms with Gasteiger partial charge in [0.25, 0.3) is 0 Å². The molecule has 2 rings (SSSR count). The first-order valence-electron chi connectivity index (χ1n) is 7.73. The quantitative estimate of drug-likeness (QED) is 0.566. The molecule has 0 amide bonds. The molecule has 0 aliphatic rings. The Hall–Kier alpha value is -1.71. The third-order valence-electron chi connectivity index (χ3n) is 4.76. The molecule has 0 aliphatic carbocycles. The van der Waals surface area contributed by atoms with Crippen molar-refractivity contribution in [2.45, 2.75) is 41.2 Å². The van der Waals surface area contributed by atoms with Gasteiger partial charge >= 0.3 is 0 Å². The van der Waals surface area contributed by atoms with Gasteiger partial charge in [0.05, 0.1) is 17.8 Å². The lowest BCUT2D eigenvalue weighted by molar-refractivity contribution is 0.474. The number of phenolic OH excluding ortho intramolecular Hbond substituents is 1. The standard InChI is InChI=1S/C19H22Cl2N2O/c1-10-11(2)13(4)17(14(5)12(10)3)9-23-22-8-15-6-16(20)7-18(21)19(15)24/h6-8,23-24H,9H2,1-5H3/b22-8+. The van der Waals surface area contributed by atoms with E-state index in [4.69, 9.17) is 23.2 Å². The molecule has 0 bridgehead atoms. The van der Waals surface area contributed by atoms with Gasteiger partial charge in [-0.3, -0.25) is 0 Å². The largest absolute Gasteiger partial charge is 0.506 e. The molecular formula is C19H22Cl2N2O. The molecule has 0 aliphatic heterocycles. The summed E-state index contributed by atoms with van der Waals surface area (Å²) in [6.45, 7) is 11.3. The Morgan fingerprint density at radius 1 is 0.958 bits per heavy atom. The molecule has 0 heterocycles. The molecule has 2 aromatic carbocycles. The first-order chi connectivity index (χ1) is 11.2. The van der Waals surface area contributed by atoms with Crippen molar-refractivity contribution in [2.24, 2.45) is 5.10 Å². The van der Waals surface area contributed by atoms with E-state index in [1.54, 1.807) is 6.07 Å². The van der Waals surface area contributed by atoms with Crippen molar-refractivity contribution in [1.29, 1.82) is 0 Å². The van der Waals surface area contributed by atoms with Crippen LogP contribution < -0.4 is 5.43 Å². The Kier molecular flexibility index (Phi) is 5.79. The summed E-state index contributed by atoms with van der Waals surface area (Å²) in [4.78, 5) is 0. The third kappa shape index (κ3) is 3.68. The van der Waals surface area contributed by atoms with Crippen LogP contribution in [0.3, 0.4) is 0 Å².